The van der Waals surface area contributed by atoms with Crippen LogP contribution in [0.1, 0.15) is 25.8 Å². The van der Waals surface area contributed by atoms with E-state index >= 15 is 0 Å². The highest BCUT2D eigenvalue weighted by atomic mass is 16.5. The van der Waals surface area contributed by atoms with Crippen LogP contribution in [0.3, 0.4) is 0 Å². The predicted molar refractivity (Wildman–Crippen MR) is 74.3 cm³/mol. The third-order valence-electron chi connectivity index (χ3n) is 2.55. The lowest BCUT2D eigenvalue weighted by molar-refractivity contribution is -0.150. The zero-order chi connectivity index (χ0) is 14.1. The number of para-hydroxylation sites is 1. The molecular formula is C15H20O4. The SMILES string of the molecule is CC=Cc1ccccc1OCCC(OCC)C(=O)O. The van der Waals surface area contributed by atoms with E-state index in [1.807, 2.05) is 43.3 Å². The summed E-state index contributed by atoms with van der Waals surface area (Å²) in [4.78, 5) is 10.9. The molecule has 0 fully saturated rings. The minimum atomic E-state index is -0.952. The number of benzene rings is 1. The van der Waals surface area contributed by atoms with Gasteiger partial charge in [0.1, 0.15) is 5.75 Å². The summed E-state index contributed by atoms with van der Waals surface area (Å²) in [7, 11) is 0. The van der Waals surface area contributed by atoms with Crippen LogP contribution in [0.4, 0.5) is 0 Å². The van der Waals surface area contributed by atoms with Gasteiger partial charge in [0.2, 0.25) is 0 Å². The van der Waals surface area contributed by atoms with Crippen molar-refractivity contribution in [1.82, 2.24) is 0 Å². The minimum absolute atomic E-state index is 0.311. The number of allylic oxidation sites excluding steroid dienone is 1. The number of carboxylic acids is 1. The molecule has 1 aromatic carbocycles. The van der Waals surface area contributed by atoms with Crippen LogP contribution in [-0.4, -0.2) is 30.4 Å². The molecule has 0 aromatic heterocycles. The van der Waals surface area contributed by atoms with E-state index in [4.69, 9.17) is 14.6 Å². The van der Waals surface area contributed by atoms with Crippen molar-refractivity contribution in [3.8, 4) is 5.75 Å². The van der Waals surface area contributed by atoms with Crippen LogP contribution in [0, 0.1) is 0 Å². The van der Waals surface area contributed by atoms with E-state index < -0.39 is 12.1 Å². The van der Waals surface area contributed by atoms with E-state index in [1.54, 1.807) is 6.92 Å². The van der Waals surface area contributed by atoms with Crippen LogP contribution in [0.2, 0.25) is 0 Å². The maximum absolute atomic E-state index is 10.9. The number of hydrogen-bond donors (Lipinski definition) is 1. The van der Waals surface area contributed by atoms with Gasteiger partial charge in [0.25, 0.3) is 0 Å². The van der Waals surface area contributed by atoms with Gasteiger partial charge in [-0.3, -0.25) is 0 Å². The second-order valence-electron chi connectivity index (χ2n) is 3.96. The van der Waals surface area contributed by atoms with Crippen molar-refractivity contribution < 1.29 is 19.4 Å². The average molecular weight is 264 g/mol. The Labute approximate surface area is 113 Å². The van der Waals surface area contributed by atoms with Crippen molar-refractivity contribution >= 4 is 12.0 Å². The average Bonchev–Trinajstić information content (AvgIpc) is 2.40. The molecular weight excluding hydrogens is 244 g/mol. The van der Waals surface area contributed by atoms with Gasteiger partial charge < -0.3 is 14.6 Å². The van der Waals surface area contributed by atoms with Crippen LogP contribution in [0.15, 0.2) is 30.3 Å². The van der Waals surface area contributed by atoms with E-state index in [2.05, 4.69) is 0 Å². The molecule has 104 valence electrons. The lowest BCUT2D eigenvalue weighted by atomic mass is 10.2. The Hall–Kier alpha value is -1.81. The molecule has 0 aliphatic carbocycles. The number of carboxylic acid groups (broad SMARTS) is 1. The molecule has 1 aromatic rings. The number of ether oxygens (including phenoxy) is 2. The van der Waals surface area contributed by atoms with Gasteiger partial charge in [0.15, 0.2) is 6.10 Å². The molecule has 0 heterocycles. The van der Waals surface area contributed by atoms with Gasteiger partial charge in [0.05, 0.1) is 6.61 Å². The summed E-state index contributed by atoms with van der Waals surface area (Å²) in [5, 5.41) is 8.95. The Bertz CT molecular complexity index is 426. The number of carbonyl (C=O) groups is 1. The van der Waals surface area contributed by atoms with E-state index in [-0.39, 0.29) is 0 Å². The number of aliphatic carboxylic acids is 1. The molecule has 4 heteroatoms. The molecule has 1 N–H and O–H groups in total. The Kier molecular flexibility index (Phi) is 6.68. The summed E-state index contributed by atoms with van der Waals surface area (Å²) >= 11 is 0. The number of hydrogen-bond acceptors (Lipinski definition) is 3. The smallest absolute Gasteiger partial charge is 0.332 e. The van der Waals surface area contributed by atoms with Crippen LogP contribution in [0.5, 0.6) is 5.75 Å². The van der Waals surface area contributed by atoms with E-state index in [9.17, 15) is 4.79 Å². The fourth-order valence-electron chi connectivity index (χ4n) is 1.68. The summed E-state index contributed by atoms with van der Waals surface area (Å²) in [6.45, 7) is 4.40. The number of rotatable bonds is 8. The third-order valence-corrected chi connectivity index (χ3v) is 2.55. The Morgan fingerprint density at radius 2 is 2.16 bits per heavy atom. The summed E-state index contributed by atoms with van der Waals surface area (Å²) in [5.41, 5.74) is 0.980. The normalized spacial score (nSPS) is 12.5. The predicted octanol–water partition coefficient (Wildman–Crippen LogP) is 2.98. The molecule has 19 heavy (non-hydrogen) atoms. The first-order valence-corrected chi connectivity index (χ1v) is 6.38. The molecule has 0 saturated carbocycles. The molecule has 0 saturated heterocycles. The van der Waals surface area contributed by atoms with Crippen molar-refractivity contribution in [2.45, 2.75) is 26.4 Å². The van der Waals surface area contributed by atoms with Crippen molar-refractivity contribution in [3.05, 3.63) is 35.9 Å². The van der Waals surface area contributed by atoms with Crippen LogP contribution >= 0.6 is 0 Å². The monoisotopic (exact) mass is 264 g/mol. The molecule has 0 spiro atoms. The molecule has 0 aliphatic rings. The molecule has 0 bridgehead atoms. The van der Waals surface area contributed by atoms with Crippen LogP contribution < -0.4 is 4.74 Å². The zero-order valence-corrected chi connectivity index (χ0v) is 11.3. The molecule has 0 radical (unpaired) electrons. The van der Waals surface area contributed by atoms with Gasteiger partial charge in [-0.2, -0.15) is 0 Å². The zero-order valence-electron chi connectivity index (χ0n) is 11.3. The summed E-state index contributed by atoms with van der Waals surface area (Å²) in [6, 6.07) is 7.64. The summed E-state index contributed by atoms with van der Waals surface area (Å²) in [6.07, 6.45) is 3.40. The Morgan fingerprint density at radius 3 is 2.79 bits per heavy atom. The first-order valence-electron chi connectivity index (χ1n) is 6.38. The second kappa shape index (κ2) is 8.32. The first kappa shape index (κ1) is 15.2. The van der Waals surface area contributed by atoms with Crippen molar-refractivity contribution in [3.63, 3.8) is 0 Å². The minimum Gasteiger partial charge on any atom is -0.493 e. The second-order valence-corrected chi connectivity index (χ2v) is 3.96. The highest BCUT2D eigenvalue weighted by Gasteiger charge is 2.17. The Morgan fingerprint density at radius 1 is 1.42 bits per heavy atom. The third kappa shape index (κ3) is 5.14. The maximum Gasteiger partial charge on any atom is 0.332 e. The quantitative estimate of drug-likeness (QED) is 0.784. The van der Waals surface area contributed by atoms with Crippen LogP contribution in [0.25, 0.3) is 6.08 Å². The maximum atomic E-state index is 10.9. The van der Waals surface area contributed by atoms with Gasteiger partial charge in [-0.15, -0.1) is 0 Å². The standard InChI is InChI=1S/C15H20O4/c1-3-7-12-8-5-6-9-13(12)19-11-10-14(15(16)17)18-4-2/h3,5-9,14H,4,10-11H2,1-2H3,(H,16,17). The van der Waals surface area contributed by atoms with Crippen molar-refractivity contribution in [1.29, 1.82) is 0 Å². The fraction of sp³-hybridized carbons (Fsp3) is 0.400. The molecule has 4 nitrogen and oxygen atoms in total. The molecule has 1 unspecified atom stereocenters. The summed E-state index contributed by atoms with van der Waals surface area (Å²) in [5.74, 6) is -0.201. The van der Waals surface area contributed by atoms with Crippen molar-refractivity contribution in [2.75, 3.05) is 13.2 Å². The molecule has 0 amide bonds. The highest BCUT2D eigenvalue weighted by Crippen LogP contribution is 2.19. The first-order chi connectivity index (χ1) is 9.19. The lowest BCUT2D eigenvalue weighted by Crippen LogP contribution is -2.26. The largest absolute Gasteiger partial charge is 0.493 e. The van der Waals surface area contributed by atoms with E-state index in [1.165, 1.54) is 0 Å². The van der Waals surface area contributed by atoms with Crippen LogP contribution in [-0.2, 0) is 9.53 Å². The van der Waals surface area contributed by atoms with Gasteiger partial charge in [0, 0.05) is 18.6 Å². The topological polar surface area (TPSA) is 55.8 Å². The molecule has 1 atom stereocenters. The van der Waals surface area contributed by atoms with Gasteiger partial charge in [-0.1, -0.05) is 30.4 Å². The lowest BCUT2D eigenvalue weighted by Gasteiger charge is -2.14. The van der Waals surface area contributed by atoms with Gasteiger partial charge >= 0.3 is 5.97 Å². The van der Waals surface area contributed by atoms with Gasteiger partial charge in [-0.25, -0.2) is 4.79 Å². The summed E-state index contributed by atoms with van der Waals surface area (Å²) < 4.78 is 10.7. The Balaban J connectivity index is 2.54. The molecule has 1 rings (SSSR count). The van der Waals surface area contributed by atoms with Gasteiger partial charge in [-0.05, 0) is 19.9 Å². The fourth-order valence-corrected chi connectivity index (χ4v) is 1.68. The van der Waals surface area contributed by atoms with Crippen molar-refractivity contribution in [2.24, 2.45) is 0 Å². The van der Waals surface area contributed by atoms with E-state index in [0.29, 0.717) is 19.6 Å². The van der Waals surface area contributed by atoms with E-state index in [0.717, 1.165) is 11.3 Å². The highest BCUT2D eigenvalue weighted by molar-refractivity contribution is 5.72. The molecule has 0 aliphatic heterocycles.